The first-order chi connectivity index (χ1) is 13.2. The van der Waals surface area contributed by atoms with Gasteiger partial charge in [-0.1, -0.05) is 18.2 Å². The van der Waals surface area contributed by atoms with E-state index in [0.717, 1.165) is 22.2 Å². The summed E-state index contributed by atoms with van der Waals surface area (Å²) in [6.07, 6.45) is 0. The Kier molecular flexibility index (Phi) is 4.47. The van der Waals surface area contributed by atoms with Crippen LogP contribution in [0, 0.1) is 0 Å². The van der Waals surface area contributed by atoms with Gasteiger partial charge in [0.15, 0.2) is 22.3 Å². The number of para-hydroxylation sites is 1. The van der Waals surface area contributed by atoms with Crippen molar-refractivity contribution in [3.8, 4) is 22.8 Å². The number of aromatic nitrogens is 3. The third kappa shape index (κ3) is 3.22. The number of aromatic amines is 1. The number of H-pyrrole nitrogens is 1. The lowest BCUT2D eigenvalue weighted by molar-refractivity contribution is 0.102. The van der Waals surface area contributed by atoms with Gasteiger partial charge < -0.3 is 9.47 Å². The van der Waals surface area contributed by atoms with Crippen molar-refractivity contribution < 1.29 is 14.3 Å². The molecule has 136 valence electrons. The molecule has 4 rings (SSSR count). The first kappa shape index (κ1) is 17.0. The maximum Gasteiger partial charge on any atom is 0.278 e. The maximum absolute atomic E-state index is 12.6. The molecule has 4 aromatic rings. The van der Waals surface area contributed by atoms with E-state index in [1.54, 1.807) is 14.2 Å². The van der Waals surface area contributed by atoms with E-state index in [4.69, 9.17) is 9.47 Å². The van der Waals surface area contributed by atoms with Crippen LogP contribution in [0.3, 0.4) is 0 Å². The predicted molar refractivity (Wildman–Crippen MR) is 105 cm³/mol. The van der Waals surface area contributed by atoms with E-state index in [-0.39, 0.29) is 5.91 Å². The fourth-order valence-electron chi connectivity index (χ4n) is 2.75. The molecule has 1 amide bonds. The van der Waals surface area contributed by atoms with E-state index in [9.17, 15) is 4.79 Å². The molecule has 0 aliphatic rings. The topological polar surface area (TPSA) is 89.1 Å². The normalized spacial score (nSPS) is 10.7. The highest BCUT2D eigenvalue weighted by atomic mass is 32.1. The molecule has 0 radical (unpaired) electrons. The first-order valence-electron chi connectivity index (χ1n) is 8.12. The summed E-state index contributed by atoms with van der Waals surface area (Å²) in [4.78, 5) is 17.0. The maximum atomic E-state index is 12.6. The smallest absolute Gasteiger partial charge is 0.278 e. The number of benzene rings is 2. The zero-order chi connectivity index (χ0) is 18.8. The number of thiazole rings is 1. The molecule has 0 saturated carbocycles. The summed E-state index contributed by atoms with van der Waals surface area (Å²) in [6.45, 7) is 0. The largest absolute Gasteiger partial charge is 0.493 e. The van der Waals surface area contributed by atoms with Gasteiger partial charge in [0.1, 0.15) is 0 Å². The van der Waals surface area contributed by atoms with Gasteiger partial charge in [-0.15, -0.1) is 11.3 Å². The summed E-state index contributed by atoms with van der Waals surface area (Å²) in [5.74, 6) is 0.965. The minimum atomic E-state index is -0.305. The van der Waals surface area contributed by atoms with Crippen LogP contribution < -0.4 is 14.8 Å². The third-order valence-electron chi connectivity index (χ3n) is 4.09. The number of fused-ring (bicyclic) bond motifs is 1. The molecule has 2 N–H and O–H groups in total. The second-order valence-corrected chi connectivity index (χ2v) is 6.54. The number of hydrogen-bond acceptors (Lipinski definition) is 6. The number of nitrogens with one attached hydrogen (secondary N) is 2. The van der Waals surface area contributed by atoms with Crippen molar-refractivity contribution in [3.63, 3.8) is 0 Å². The Morgan fingerprint density at radius 1 is 1.11 bits per heavy atom. The number of anilines is 1. The lowest BCUT2D eigenvalue weighted by Gasteiger charge is -2.08. The van der Waals surface area contributed by atoms with E-state index >= 15 is 0 Å². The Morgan fingerprint density at radius 2 is 1.93 bits per heavy atom. The molecule has 0 aliphatic heterocycles. The van der Waals surface area contributed by atoms with E-state index in [1.165, 1.54) is 11.3 Å². The molecule has 0 bridgehead atoms. The average molecular weight is 380 g/mol. The van der Waals surface area contributed by atoms with Crippen molar-refractivity contribution in [2.24, 2.45) is 0 Å². The monoisotopic (exact) mass is 380 g/mol. The Bertz CT molecular complexity index is 1120. The molecule has 0 saturated heterocycles. The van der Waals surface area contributed by atoms with Crippen molar-refractivity contribution in [2.45, 2.75) is 0 Å². The number of hydrogen-bond donors (Lipinski definition) is 2. The van der Waals surface area contributed by atoms with Gasteiger partial charge >= 0.3 is 0 Å². The van der Waals surface area contributed by atoms with Gasteiger partial charge in [-0.2, -0.15) is 5.10 Å². The van der Waals surface area contributed by atoms with Crippen molar-refractivity contribution in [3.05, 3.63) is 53.5 Å². The summed E-state index contributed by atoms with van der Waals surface area (Å²) in [6, 6.07) is 13.0. The quantitative estimate of drug-likeness (QED) is 0.547. The van der Waals surface area contributed by atoms with E-state index in [1.807, 2.05) is 47.8 Å². The highest BCUT2D eigenvalue weighted by Gasteiger charge is 2.16. The zero-order valence-corrected chi connectivity index (χ0v) is 15.5. The Morgan fingerprint density at radius 3 is 2.74 bits per heavy atom. The number of amides is 1. The van der Waals surface area contributed by atoms with Crippen molar-refractivity contribution >= 4 is 33.3 Å². The molecule has 0 fully saturated rings. The fourth-order valence-corrected chi connectivity index (χ4v) is 3.47. The van der Waals surface area contributed by atoms with Crippen LogP contribution in [0.1, 0.15) is 10.5 Å². The van der Waals surface area contributed by atoms with Crippen LogP contribution in [0.4, 0.5) is 5.13 Å². The van der Waals surface area contributed by atoms with Crippen molar-refractivity contribution in [2.75, 3.05) is 19.5 Å². The van der Waals surface area contributed by atoms with Crippen LogP contribution in [0.25, 0.3) is 22.2 Å². The van der Waals surface area contributed by atoms with Crippen molar-refractivity contribution in [1.29, 1.82) is 0 Å². The summed E-state index contributed by atoms with van der Waals surface area (Å²) in [7, 11) is 3.18. The second-order valence-electron chi connectivity index (χ2n) is 5.68. The first-order valence-corrected chi connectivity index (χ1v) is 9.00. The molecule has 27 heavy (non-hydrogen) atoms. The second kappa shape index (κ2) is 7.08. The Balaban J connectivity index is 1.57. The van der Waals surface area contributed by atoms with E-state index < -0.39 is 0 Å². The minimum Gasteiger partial charge on any atom is -0.493 e. The molecule has 8 heteroatoms. The standard InChI is InChI=1S/C19H16N4O3S/c1-25-15-8-7-11(9-16(15)26-2)14-10-27-19(20-14)21-18(24)17-12-5-3-4-6-13(12)22-23-17/h3-10H,1-2H3,(H,22,23)(H,20,21,24). The summed E-state index contributed by atoms with van der Waals surface area (Å²) in [5.41, 5.74) is 2.76. The van der Waals surface area contributed by atoms with Crippen LogP contribution >= 0.6 is 11.3 Å². The molecule has 2 heterocycles. The third-order valence-corrected chi connectivity index (χ3v) is 4.85. The summed E-state index contributed by atoms with van der Waals surface area (Å²) in [5, 5.41) is 12.9. The van der Waals surface area contributed by atoms with E-state index in [2.05, 4.69) is 20.5 Å². The lowest BCUT2D eigenvalue weighted by atomic mass is 10.1. The zero-order valence-electron chi connectivity index (χ0n) is 14.6. The van der Waals surface area contributed by atoms with Crippen LogP contribution in [0.15, 0.2) is 47.8 Å². The molecular weight excluding hydrogens is 364 g/mol. The van der Waals surface area contributed by atoms with Gasteiger partial charge in [0, 0.05) is 16.3 Å². The molecular formula is C19H16N4O3S. The highest BCUT2D eigenvalue weighted by molar-refractivity contribution is 7.14. The Labute approximate surface area is 159 Å². The predicted octanol–water partition coefficient (Wildman–Crippen LogP) is 3.96. The van der Waals surface area contributed by atoms with Crippen LogP contribution in [0.5, 0.6) is 11.5 Å². The highest BCUT2D eigenvalue weighted by Crippen LogP contribution is 2.33. The van der Waals surface area contributed by atoms with Crippen molar-refractivity contribution in [1.82, 2.24) is 15.2 Å². The SMILES string of the molecule is COc1ccc(-c2csc(NC(=O)c3n[nH]c4ccccc34)n2)cc1OC. The van der Waals surface area contributed by atoms with Crippen LogP contribution in [-0.4, -0.2) is 35.3 Å². The molecule has 0 spiro atoms. The van der Waals surface area contributed by atoms with Gasteiger partial charge in [0.05, 0.1) is 25.4 Å². The molecule has 2 aromatic heterocycles. The minimum absolute atomic E-state index is 0.305. The number of nitrogens with zero attached hydrogens (tertiary/aromatic N) is 2. The number of carbonyl (C=O) groups excluding carboxylic acids is 1. The molecule has 0 atom stereocenters. The molecule has 7 nitrogen and oxygen atoms in total. The summed E-state index contributed by atoms with van der Waals surface area (Å²) >= 11 is 1.35. The van der Waals surface area contributed by atoms with Gasteiger partial charge in [0.2, 0.25) is 0 Å². The lowest BCUT2D eigenvalue weighted by Crippen LogP contribution is -2.12. The van der Waals surface area contributed by atoms with Gasteiger partial charge in [-0.25, -0.2) is 4.98 Å². The van der Waals surface area contributed by atoms with Crippen LogP contribution in [-0.2, 0) is 0 Å². The number of ether oxygens (including phenoxy) is 2. The van der Waals surface area contributed by atoms with Gasteiger partial charge in [0.25, 0.3) is 5.91 Å². The van der Waals surface area contributed by atoms with E-state index in [0.29, 0.717) is 22.3 Å². The summed E-state index contributed by atoms with van der Waals surface area (Å²) < 4.78 is 10.6. The molecule has 0 aliphatic carbocycles. The van der Waals surface area contributed by atoms with Gasteiger partial charge in [-0.05, 0) is 24.3 Å². The fraction of sp³-hybridized carbons (Fsp3) is 0.105. The number of carbonyl (C=O) groups is 1. The Hall–Kier alpha value is -3.39. The molecule has 2 aromatic carbocycles. The number of rotatable bonds is 5. The van der Waals surface area contributed by atoms with Gasteiger partial charge in [-0.3, -0.25) is 15.2 Å². The van der Waals surface area contributed by atoms with Crippen LogP contribution in [0.2, 0.25) is 0 Å². The number of methoxy groups -OCH3 is 2. The average Bonchev–Trinajstić information content (AvgIpc) is 3.34. The molecule has 0 unspecified atom stereocenters.